The van der Waals surface area contributed by atoms with E-state index in [1.165, 1.54) is 64.2 Å². The van der Waals surface area contributed by atoms with E-state index in [2.05, 4.69) is 13.8 Å². The molecule has 0 atom stereocenters. The Morgan fingerprint density at radius 2 is 0.931 bits per heavy atom. The summed E-state index contributed by atoms with van der Waals surface area (Å²) in [6.45, 7) is 5.68. The molecule has 0 spiro atoms. The summed E-state index contributed by atoms with van der Waals surface area (Å²) in [5.74, 6) is -0.0897. The third kappa shape index (κ3) is 10.00. The molecule has 29 heavy (non-hydrogen) atoms. The van der Waals surface area contributed by atoms with Crippen LogP contribution in [0.4, 0.5) is 0 Å². The van der Waals surface area contributed by atoms with Crippen LogP contribution in [0.5, 0.6) is 0 Å². The minimum absolute atomic E-state index is 0.0448. The third-order valence-electron chi connectivity index (χ3n) is 7.05. The number of rotatable bonds is 12. The molecule has 2 aliphatic carbocycles. The van der Waals surface area contributed by atoms with Crippen molar-refractivity contribution in [1.82, 2.24) is 0 Å². The summed E-state index contributed by atoms with van der Waals surface area (Å²) in [6.07, 6.45) is 18.4. The van der Waals surface area contributed by atoms with Gasteiger partial charge in [0, 0.05) is 23.7 Å². The van der Waals surface area contributed by atoms with Crippen molar-refractivity contribution in [2.24, 2.45) is 10.8 Å². The van der Waals surface area contributed by atoms with Crippen molar-refractivity contribution >= 4 is 11.9 Å². The Bertz CT molecular complexity index is 443. The highest BCUT2D eigenvalue weighted by Crippen LogP contribution is 2.36. The second kappa shape index (κ2) is 12.6. The van der Waals surface area contributed by atoms with Gasteiger partial charge in [-0.1, -0.05) is 71.6 Å². The molecular formula is C25H44O4. The van der Waals surface area contributed by atoms with E-state index in [-0.39, 0.29) is 22.8 Å². The number of unbranched alkanes of at least 4 members (excludes halogenated alkanes) is 4. The smallest absolute Gasteiger partial charge is 0.305 e. The quantitative estimate of drug-likeness (QED) is 0.265. The Labute approximate surface area is 178 Å². The highest BCUT2D eigenvalue weighted by Gasteiger charge is 2.29. The molecule has 2 fully saturated rings. The van der Waals surface area contributed by atoms with Crippen molar-refractivity contribution in [2.45, 2.75) is 123 Å². The van der Waals surface area contributed by atoms with E-state index >= 15 is 0 Å². The Morgan fingerprint density at radius 1 is 0.586 bits per heavy atom. The van der Waals surface area contributed by atoms with Gasteiger partial charge in [0.1, 0.15) is 0 Å². The van der Waals surface area contributed by atoms with Gasteiger partial charge in [0.2, 0.25) is 0 Å². The molecule has 2 aliphatic rings. The van der Waals surface area contributed by atoms with Crippen molar-refractivity contribution in [3.8, 4) is 0 Å². The van der Waals surface area contributed by atoms with E-state index in [0.29, 0.717) is 26.1 Å². The Kier molecular flexibility index (Phi) is 10.5. The minimum Gasteiger partial charge on any atom is -0.465 e. The number of ether oxygens (including phenoxy) is 2. The number of carbonyl (C=O) groups is 2. The number of esters is 2. The average Bonchev–Trinajstić information content (AvgIpc) is 2.71. The van der Waals surface area contributed by atoms with Crippen LogP contribution in [0.25, 0.3) is 0 Å². The van der Waals surface area contributed by atoms with Gasteiger partial charge in [-0.25, -0.2) is 0 Å². The van der Waals surface area contributed by atoms with Crippen molar-refractivity contribution in [3.63, 3.8) is 0 Å². The maximum atomic E-state index is 12.0. The van der Waals surface area contributed by atoms with Crippen LogP contribution in [0.15, 0.2) is 0 Å². The van der Waals surface area contributed by atoms with E-state index in [4.69, 9.17) is 9.47 Å². The summed E-state index contributed by atoms with van der Waals surface area (Å²) in [7, 11) is 0. The number of hydrogen-bond donors (Lipinski definition) is 0. The first kappa shape index (κ1) is 24.2. The molecule has 0 aromatic carbocycles. The summed E-state index contributed by atoms with van der Waals surface area (Å²) < 4.78 is 11.1. The van der Waals surface area contributed by atoms with Gasteiger partial charge < -0.3 is 9.47 Å². The molecule has 0 bridgehead atoms. The predicted octanol–water partition coefficient (Wildman–Crippen LogP) is 6.74. The zero-order chi connectivity index (χ0) is 21.0. The van der Waals surface area contributed by atoms with E-state index < -0.39 is 0 Å². The summed E-state index contributed by atoms with van der Waals surface area (Å²) in [5, 5.41) is 0. The summed E-state index contributed by atoms with van der Waals surface area (Å²) in [5.41, 5.74) is 0.411. The van der Waals surface area contributed by atoms with Gasteiger partial charge >= 0.3 is 11.9 Å². The molecule has 0 aromatic rings. The summed E-state index contributed by atoms with van der Waals surface area (Å²) >= 11 is 0. The lowest BCUT2D eigenvalue weighted by molar-refractivity contribution is -0.148. The van der Waals surface area contributed by atoms with E-state index in [1.54, 1.807) is 0 Å². The topological polar surface area (TPSA) is 52.6 Å². The fraction of sp³-hybridized carbons (Fsp3) is 0.920. The highest BCUT2D eigenvalue weighted by atomic mass is 16.5. The highest BCUT2D eigenvalue weighted by molar-refractivity contribution is 5.69. The van der Waals surface area contributed by atoms with Crippen LogP contribution in [0, 0.1) is 10.8 Å². The van der Waals surface area contributed by atoms with Crippen LogP contribution >= 0.6 is 0 Å². The molecule has 0 radical (unpaired) electrons. The van der Waals surface area contributed by atoms with Gasteiger partial charge in [0.05, 0.1) is 13.2 Å². The maximum Gasteiger partial charge on any atom is 0.305 e. The lowest BCUT2D eigenvalue weighted by atomic mass is 9.76. The lowest BCUT2D eigenvalue weighted by Gasteiger charge is -2.32. The Hall–Kier alpha value is -1.06. The van der Waals surface area contributed by atoms with Gasteiger partial charge in [-0.15, -0.1) is 0 Å². The van der Waals surface area contributed by atoms with Gasteiger partial charge in [0.15, 0.2) is 0 Å². The molecule has 0 heterocycles. The molecule has 0 aromatic heterocycles. The predicted molar refractivity (Wildman–Crippen MR) is 117 cm³/mol. The van der Waals surface area contributed by atoms with Gasteiger partial charge in [-0.2, -0.15) is 0 Å². The van der Waals surface area contributed by atoms with Crippen molar-refractivity contribution in [1.29, 1.82) is 0 Å². The Balaban J connectivity index is 1.41. The first-order valence-corrected chi connectivity index (χ1v) is 12.2. The van der Waals surface area contributed by atoms with E-state index in [9.17, 15) is 9.59 Å². The monoisotopic (exact) mass is 408 g/mol. The van der Waals surface area contributed by atoms with Gasteiger partial charge in [-0.3, -0.25) is 9.59 Å². The first-order chi connectivity index (χ1) is 13.9. The van der Waals surface area contributed by atoms with Crippen LogP contribution < -0.4 is 0 Å². The molecule has 0 N–H and O–H groups in total. The van der Waals surface area contributed by atoms with Gasteiger partial charge in [-0.05, 0) is 38.5 Å². The van der Waals surface area contributed by atoms with Crippen molar-refractivity contribution < 1.29 is 19.1 Å². The molecule has 0 aliphatic heterocycles. The van der Waals surface area contributed by atoms with Crippen LogP contribution in [0.1, 0.15) is 123 Å². The molecule has 2 rings (SSSR count). The fourth-order valence-corrected chi connectivity index (χ4v) is 4.82. The van der Waals surface area contributed by atoms with Crippen molar-refractivity contribution in [3.05, 3.63) is 0 Å². The van der Waals surface area contributed by atoms with Crippen LogP contribution in [-0.2, 0) is 19.1 Å². The van der Waals surface area contributed by atoms with Crippen LogP contribution in [0.2, 0.25) is 0 Å². The summed E-state index contributed by atoms with van der Waals surface area (Å²) in [4.78, 5) is 23.9. The zero-order valence-corrected chi connectivity index (χ0v) is 19.1. The molecule has 0 amide bonds. The number of hydrogen-bond acceptors (Lipinski definition) is 4. The average molecular weight is 409 g/mol. The maximum absolute atomic E-state index is 12.0. The number of carbonyl (C=O) groups excluding carboxylic acids is 2. The molecule has 4 nitrogen and oxygen atoms in total. The van der Waals surface area contributed by atoms with Crippen LogP contribution in [0.3, 0.4) is 0 Å². The molecule has 4 heteroatoms. The minimum atomic E-state index is -0.0448. The van der Waals surface area contributed by atoms with E-state index in [1.807, 2.05) is 0 Å². The van der Waals surface area contributed by atoms with Crippen molar-refractivity contribution in [2.75, 3.05) is 13.2 Å². The molecular weight excluding hydrogens is 364 g/mol. The standard InChI is InChI=1S/C25H44O4/c1-24(16-10-6-11-17-24)20-28-22(26)14-8-4-3-5-9-15-23(27)29-21-25(2)18-12-7-13-19-25/h3-21H2,1-2H3. The second-order valence-corrected chi connectivity index (χ2v) is 10.3. The molecule has 2 saturated carbocycles. The van der Waals surface area contributed by atoms with Crippen LogP contribution in [-0.4, -0.2) is 25.2 Å². The zero-order valence-electron chi connectivity index (χ0n) is 19.1. The van der Waals surface area contributed by atoms with Gasteiger partial charge in [0.25, 0.3) is 0 Å². The largest absolute Gasteiger partial charge is 0.465 e. The Morgan fingerprint density at radius 3 is 1.31 bits per heavy atom. The molecule has 168 valence electrons. The molecule has 0 saturated heterocycles. The summed E-state index contributed by atoms with van der Waals surface area (Å²) in [6, 6.07) is 0. The fourth-order valence-electron chi connectivity index (χ4n) is 4.82. The SMILES string of the molecule is CC1(COC(=O)CCCCCCCC(=O)OCC2(C)CCCCC2)CCCCC1. The lowest BCUT2D eigenvalue weighted by Crippen LogP contribution is -2.27. The molecule has 0 unspecified atom stereocenters. The second-order valence-electron chi connectivity index (χ2n) is 10.3. The normalized spacial score (nSPS) is 20.8. The third-order valence-corrected chi connectivity index (χ3v) is 7.05. The van der Waals surface area contributed by atoms with E-state index in [0.717, 1.165) is 32.1 Å². The first-order valence-electron chi connectivity index (χ1n) is 12.2.